The van der Waals surface area contributed by atoms with Crippen LogP contribution >= 0.6 is 0 Å². The summed E-state index contributed by atoms with van der Waals surface area (Å²) in [6, 6.07) is 2.72. The van der Waals surface area contributed by atoms with Crippen LogP contribution in [0.4, 0.5) is 17.6 Å². The van der Waals surface area contributed by atoms with E-state index in [2.05, 4.69) is 10.1 Å². The van der Waals surface area contributed by atoms with Gasteiger partial charge in [-0.25, -0.2) is 18.1 Å². The number of pyridine rings is 1. The van der Waals surface area contributed by atoms with Crippen molar-refractivity contribution in [2.24, 2.45) is 0 Å². The number of hydrogen-bond acceptors (Lipinski definition) is 6. The standard InChI is InChI=1S/C21H18F4N6O4S/c1-10-7-13-17(18(26-10)16-11(22)5-4-6-12(16)23)19(27-35-13)31-9-15-21(24,25)14(8-30(15)20(31)32)28-36(33,34)29(2)3/h4-7,9,14,28H,8H2,1-3H3/t14-/m1/s1. The molecule has 0 amide bonds. The Labute approximate surface area is 200 Å². The van der Waals surface area contributed by atoms with E-state index in [1.807, 2.05) is 4.72 Å². The summed E-state index contributed by atoms with van der Waals surface area (Å²) in [7, 11) is -1.88. The monoisotopic (exact) mass is 526 g/mol. The highest BCUT2D eigenvalue weighted by Gasteiger charge is 2.52. The molecule has 0 fully saturated rings. The molecule has 36 heavy (non-hydrogen) atoms. The fourth-order valence-corrected chi connectivity index (χ4v) is 4.88. The normalized spacial score (nSPS) is 17.3. The van der Waals surface area contributed by atoms with Crippen molar-refractivity contribution in [1.29, 1.82) is 0 Å². The van der Waals surface area contributed by atoms with Crippen LogP contribution in [0, 0.1) is 18.6 Å². The highest BCUT2D eigenvalue weighted by molar-refractivity contribution is 7.87. The van der Waals surface area contributed by atoms with Crippen molar-refractivity contribution in [2.75, 3.05) is 14.1 Å². The molecule has 15 heteroatoms. The molecule has 5 rings (SSSR count). The largest absolute Gasteiger partial charge is 0.354 e. The summed E-state index contributed by atoms with van der Waals surface area (Å²) in [5.41, 5.74) is -2.12. The van der Waals surface area contributed by atoms with Gasteiger partial charge in [0.1, 0.15) is 23.4 Å². The van der Waals surface area contributed by atoms with E-state index in [0.29, 0.717) is 10.3 Å². The minimum absolute atomic E-state index is 0.0248. The summed E-state index contributed by atoms with van der Waals surface area (Å²) in [6.45, 7) is 0.890. The lowest BCUT2D eigenvalue weighted by Crippen LogP contribution is -2.48. The van der Waals surface area contributed by atoms with Crippen molar-refractivity contribution < 1.29 is 30.5 Å². The molecule has 1 aromatic carbocycles. The SMILES string of the molecule is Cc1cc2onc(-n3cc4n(c3=O)C[C@@H](NS(=O)(=O)N(C)C)C4(F)F)c2c(-c2c(F)cccc2F)n1. The Morgan fingerprint density at radius 3 is 2.50 bits per heavy atom. The maximum atomic E-state index is 15.2. The highest BCUT2D eigenvalue weighted by atomic mass is 32.2. The first kappa shape index (κ1) is 24.1. The summed E-state index contributed by atoms with van der Waals surface area (Å²) in [5, 5.41) is 3.74. The summed E-state index contributed by atoms with van der Waals surface area (Å²) in [6.07, 6.45) is 0.797. The van der Waals surface area contributed by atoms with Crippen molar-refractivity contribution in [3.63, 3.8) is 0 Å². The second-order valence-electron chi connectivity index (χ2n) is 8.45. The van der Waals surface area contributed by atoms with Gasteiger partial charge in [0.2, 0.25) is 0 Å². The van der Waals surface area contributed by atoms with Gasteiger partial charge in [0.15, 0.2) is 11.4 Å². The summed E-state index contributed by atoms with van der Waals surface area (Å²) < 4.78 is 93.1. The van der Waals surface area contributed by atoms with Crippen molar-refractivity contribution >= 4 is 21.2 Å². The number of hydrogen-bond donors (Lipinski definition) is 1. The van der Waals surface area contributed by atoms with Crippen LogP contribution in [0.3, 0.4) is 0 Å². The van der Waals surface area contributed by atoms with Gasteiger partial charge in [0.05, 0.1) is 23.2 Å². The molecule has 0 saturated carbocycles. The summed E-state index contributed by atoms with van der Waals surface area (Å²) in [4.78, 5) is 17.3. The van der Waals surface area contributed by atoms with Crippen LogP contribution in [0.5, 0.6) is 0 Å². The zero-order valence-corrected chi connectivity index (χ0v) is 19.8. The maximum absolute atomic E-state index is 15.2. The molecule has 0 aliphatic carbocycles. The number of aryl methyl sites for hydroxylation is 1. The lowest BCUT2D eigenvalue weighted by Gasteiger charge is -2.22. The van der Waals surface area contributed by atoms with E-state index >= 15 is 8.78 Å². The molecule has 0 bridgehead atoms. The van der Waals surface area contributed by atoms with E-state index in [-0.39, 0.29) is 22.5 Å². The molecule has 0 spiro atoms. The number of rotatable bonds is 5. The topological polar surface area (TPSA) is 115 Å². The van der Waals surface area contributed by atoms with E-state index in [4.69, 9.17) is 4.52 Å². The predicted octanol–water partition coefficient (Wildman–Crippen LogP) is 2.30. The average molecular weight is 526 g/mol. The van der Waals surface area contributed by atoms with E-state index < -0.39 is 57.3 Å². The highest BCUT2D eigenvalue weighted by Crippen LogP contribution is 2.39. The first-order valence-electron chi connectivity index (χ1n) is 10.4. The molecule has 4 heterocycles. The van der Waals surface area contributed by atoms with Crippen molar-refractivity contribution in [3.8, 4) is 17.1 Å². The first-order chi connectivity index (χ1) is 16.8. The molecule has 1 N–H and O–H groups in total. The van der Waals surface area contributed by atoms with Crippen LogP contribution in [0.25, 0.3) is 28.0 Å². The number of aromatic nitrogens is 4. The molecular weight excluding hydrogens is 508 g/mol. The minimum Gasteiger partial charge on any atom is -0.354 e. The van der Waals surface area contributed by atoms with Gasteiger partial charge in [-0.3, -0.25) is 9.55 Å². The van der Waals surface area contributed by atoms with E-state index in [0.717, 1.165) is 27.2 Å². The van der Waals surface area contributed by atoms with Crippen LogP contribution in [0.15, 0.2) is 39.8 Å². The van der Waals surface area contributed by atoms with Crippen LogP contribution in [0.2, 0.25) is 0 Å². The van der Waals surface area contributed by atoms with Gasteiger partial charge >= 0.3 is 11.6 Å². The quantitative estimate of drug-likeness (QED) is 0.399. The lowest BCUT2D eigenvalue weighted by atomic mass is 10.1. The fourth-order valence-electron chi connectivity index (χ4n) is 4.09. The van der Waals surface area contributed by atoms with E-state index in [9.17, 15) is 22.0 Å². The number of halogens is 4. The molecule has 0 radical (unpaired) electrons. The van der Waals surface area contributed by atoms with Crippen molar-refractivity contribution in [2.45, 2.75) is 25.4 Å². The van der Waals surface area contributed by atoms with Gasteiger partial charge in [-0.1, -0.05) is 11.2 Å². The average Bonchev–Trinajstić information content (AvgIpc) is 3.40. The maximum Gasteiger partial charge on any atom is 0.334 e. The van der Waals surface area contributed by atoms with Crippen molar-refractivity contribution in [1.82, 2.24) is 28.3 Å². The van der Waals surface area contributed by atoms with Gasteiger partial charge in [-0.2, -0.15) is 26.2 Å². The van der Waals surface area contributed by atoms with Crippen LogP contribution < -0.4 is 10.4 Å². The fraction of sp³-hybridized carbons (Fsp3) is 0.286. The second-order valence-corrected chi connectivity index (χ2v) is 10.4. The smallest absolute Gasteiger partial charge is 0.334 e. The Kier molecular flexibility index (Phi) is 5.35. The number of benzene rings is 1. The second kappa shape index (κ2) is 7.97. The zero-order valence-electron chi connectivity index (χ0n) is 19.0. The molecule has 3 aromatic heterocycles. The number of nitrogens with one attached hydrogen (secondary N) is 1. The first-order valence-corrected chi connectivity index (χ1v) is 11.9. The number of fused-ring (bicyclic) bond motifs is 2. The van der Waals surface area contributed by atoms with Crippen molar-refractivity contribution in [3.05, 3.63) is 64.0 Å². The van der Waals surface area contributed by atoms with Crippen LogP contribution in [-0.2, 0) is 22.7 Å². The van der Waals surface area contributed by atoms with Crippen LogP contribution in [0.1, 0.15) is 11.4 Å². The number of nitrogens with zero attached hydrogens (tertiary/aromatic N) is 5. The van der Waals surface area contributed by atoms with Gasteiger partial charge < -0.3 is 4.52 Å². The number of alkyl halides is 2. The third kappa shape index (κ3) is 3.53. The van der Waals surface area contributed by atoms with E-state index in [1.54, 1.807) is 6.92 Å². The molecule has 0 saturated heterocycles. The van der Waals surface area contributed by atoms with E-state index in [1.165, 1.54) is 26.2 Å². The van der Waals surface area contributed by atoms with Gasteiger partial charge in [0, 0.05) is 32.1 Å². The Morgan fingerprint density at radius 2 is 1.89 bits per heavy atom. The Bertz CT molecular complexity index is 1670. The molecule has 1 aliphatic heterocycles. The molecule has 10 nitrogen and oxygen atoms in total. The molecule has 1 atom stereocenters. The van der Waals surface area contributed by atoms with Gasteiger partial charge in [0.25, 0.3) is 10.2 Å². The van der Waals surface area contributed by atoms with Gasteiger partial charge in [-0.05, 0) is 19.1 Å². The van der Waals surface area contributed by atoms with Gasteiger partial charge in [-0.15, -0.1) is 0 Å². The molecule has 1 aliphatic rings. The Hall–Kier alpha value is -3.56. The Morgan fingerprint density at radius 1 is 1.22 bits per heavy atom. The molecular formula is C21H18F4N6O4S. The minimum atomic E-state index is -4.22. The summed E-state index contributed by atoms with van der Waals surface area (Å²) in [5.74, 6) is -5.93. The molecule has 0 unspecified atom stereocenters. The van der Waals surface area contributed by atoms with Crippen LogP contribution in [-0.4, -0.2) is 52.1 Å². The third-order valence-corrected chi connectivity index (χ3v) is 7.43. The predicted molar refractivity (Wildman–Crippen MR) is 119 cm³/mol. The molecule has 190 valence electrons. The molecule has 4 aromatic rings. The number of imidazole rings is 1. The zero-order chi connectivity index (χ0) is 26.2. The Balaban J connectivity index is 1.67. The third-order valence-electron chi connectivity index (χ3n) is 5.89. The summed E-state index contributed by atoms with van der Waals surface area (Å²) >= 11 is 0. The lowest BCUT2D eigenvalue weighted by molar-refractivity contribution is -0.0252.